The summed E-state index contributed by atoms with van der Waals surface area (Å²) in [6.45, 7) is 0. The summed E-state index contributed by atoms with van der Waals surface area (Å²) in [4.78, 5) is 2.87. The Kier molecular flexibility index (Phi) is 3.24. The minimum Gasteiger partial charge on any atom is -0.275 e. The molecule has 1 aromatic heterocycles. The number of anilines is 1. The van der Waals surface area contributed by atoms with Crippen molar-refractivity contribution in [3.8, 4) is 0 Å². The zero-order valence-corrected chi connectivity index (χ0v) is 9.79. The summed E-state index contributed by atoms with van der Waals surface area (Å²) >= 11 is 0. The Bertz CT molecular complexity index is 660. The fourth-order valence-corrected chi connectivity index (χ4v) is 2.37. The van der Waals surface area contributed by atoms with E-state index < -0.39 is 27.6 Å². The fraction of sp³-hybridized carbons (Fsp3) is 0. The lowest BCUT2D eigenvalue weighted by Gasteiger charge is -2.08. The standard InChI is InChI=1S/C11H8F2N2O2S/c12-10-7-6-9(11(13)14-10)15-18(16,17)8-4-2-1-3-5-8/h1-7,15H. The number of hydrogen-bond acceptors (Lipinski definition) is 3. The molecule has 0 aliphatic heterocycles. The van der Waals surface area contributed by atoms with Gasteiger partial charge in [-0.2, -0.15) is 13.8 Å². The largest absolute Gasteiger partial charge is 0.275 e. The van der Waals surface area contributed by atoms with Crippen LogP contribution in [-0.4, -0.2) is 13.4 Å². The van der Waals surface area contributed by atoms with Gasteiger partial charge in [-0.15, -0.1) is 0 Å². The molecule has 1 aromatic carbocycles. The van der Waals surface area contributed by atoms with Crippen molar-refractivity contribution in [2.45, 2.75) is 4.90 Å². The highest BCUT2D eigenvalue weighted by atomic mass is 32.2. The molecular formula is C11H8F2N2O2S. The molecule has 0 aliphatic rings. The van der Waals surface area contributed by atoms with Crippen molar-refractivity contribution in [3.63, 3.8) is 0 Å². The second-order valence-electron chi connectivity index (χ2n) is 3.39. The highest BCUT2D eigenvalue weighted by Crippen LogP contribution is 2.17. The Morgan fingerprint density at radius 2 is 1.67 bits per heavy atom. The predicted molar refractivity (Wildman–Crippen MR) is 61.4 cm³/mol. The van der Waals surface area contributed by atoms with Gasteiger partial charge >= 0.3 is 0 Å². The molecule has 18 heavy (non-hydrogen) atoms. The molecule has 0 amide bonds. The number of benzene rings is 1. The van der Waals surface area contributed by atoms with Gasteiger partial charge in [0.15, 0.2) is 0 Å². The minimum atomic E-state index is -3.90. The third-order valence-corrected chi connectivity index (χ3v) is 3.49. The Morgan fingerprint density at radius 3 is 2.28 bits per heavy atom. The van der Waals surface area contributed by atoms with Gasteiger partial charge in [-0.3, -0.25) is 4.72 Å². The Morgan fingerprint density at radius 1 is 1.00 bits per heavy atom. The van der Waals surface area contributed by atoms with Crippen molar-refractivity contribution in [2.24, 2.45) is 0 Å². The average molecular weight is 270 g/mol. The van der Waals surface area contributed by atoms with Crippen molar-refractivity contribution < 1.29 is 17.2 Å². The lowest BCUT2D eigenvalue weighted by molar-refractivity contribution is 0.515. The van der Waals surface area contributed by atoms with Crippen LogP contribution in [0.15, 0.2) is 47.4 Å². The van der Waals surface area contributed by atoms with Crippen LogP contribution < -0.4 is 4.72 Å². The van der Waals surface area contributed by atoms with Gasteiger partial charge in [0.05, 0.1) is 4.90 Å². The van der Waals surface area contributed by atoms with E-state index in [1.54, 1.807) is 6.07 Å². The van der Waals surface area contributed by atoms with Crippen LogP contribution in [0.2, 0.25) is 0 Å². The fourth-order valence-electron chi connectivity index (χ4n) is 1.29. The first-order chi connectivity index (χ1) is 8.49. The van der Waals surface area contributed by atoms with Gasteiger partial charge in [0.25, 0.3) is 10.0 Å². The first-order valence-electron chi connectivity index (χ1n) is 4.89. The van der Waals surface area contributed by atoms with Crippen LogP contribution in [0.1, 0.15) is 0 Å². The molecule has 0 bridgehead atoms. The van der Waals surface area contributed by atoms with Crippen molar-refractivity contribution in [2.75, 3.05) is 4.72 Å². The molecule has 4 nitrogen and oxygen atoms in total. The molecule has 2 rings (SSSR count). The van der Waals surface area contributed by atoms with Crippen LogP contribution in [0.5, 0.6) is 0 Å². The quantitative estimate of drug-likeness (QED) is 0.869. The molecule has 1 heterocycles. The van der Waals surface area contributed by atoms with E-state index >= 15 is 0 Å². The van der Waals surface area contributed by atoms with E-state index in [4.69, 9.17) is 0 Å². The number of pyridine rings is 1. The van der Waals surface area contributed by atoms with Gasteiger partial charge in [0, 0.05) is 0 Å². The van der Waals surface area contributed by atoms with Crippen molar-refractivity contribution in [1.82, 2.24) is 4.98 Å². The van der Waals surface area contributed by atoms with E-state index in [2.05, 4.69) is 4.98 Å². The number of halogens is 2. The van der Waals surface area contributed by atoms with Crippen LogP contribution in [0, 0.1) is 11.9 Å². The summed E-state index contributed by atoms with van der Waals surface area (Å²) < 4.78 is 51.5. The number of rotatable bonds is 3. The van der Waals surface area contributed by atoms with E-state index in [0.29, 0.717) is 0 Å². The number of nitrogens with zero attached hydrogens (tertiary/aromatic N) is 1. The average Bonchev–Trinajstić information content (AvgIpc) is 2.34. The van der Waals surface area contributed by atoms with Crippen LogP contribution in [0.3, 0.4) is 0 Å². The summed E-state index contributed by atoms with van der Waals surface area (Å²) in [6.07, 6.45) is 0. The van der Waals surface area contributed by atoms with Gasteiger partial charge in [0.1, 0.15) is 5.69 Å². The Balaban J connectivity index is 2.34. The summed E-state index contributed by atoms with van der Waals surface area (Å²) in [5.41, 5.74) is -0.403. The summed E-state index contributed by atoms with van der Waals surface area (Å²) in [5.74, 6) is -2.23. The third kappa shape index (κ3) is 2.62. The maximum atomic E-state index is 13.2. The van der Waals surface area contributed by atoms with Gasteiger partial charge in [-0.1, -0.05) is 18.2 Å². The molecule has 0 saturated heterocycles. The highest BCUT2D eigenvalue weighted by Gasteiger charge is 2.16. The van der Waals surface area contributed by atoms with E-state index in [1.807, 2.05) is 4.72 Å². The van der Waals surface area contributed by atoms with Crippen LogP contribution in [-0.2, 0) is 10.0 Å². The minimum absolute atomic E-state index is 0.0197. The zero-order valence-electron chi connectivity index (χ0n) is 8.97. The van der Waals surface area contributed by atoms with Crippen molar-refractivity contribution in [1.29, 1.82) is 0 Å². The molecular weight excluding hydrogens is 262 g/mol. The second kappa shape index (κ2) is 4.69. The van der Waals surface area contributed by atoms with E-state index in [9.17, 15) is 17.2 Å². The molecule has 0 saturated carbocycles. The summed E-state index contributed by atoms with van der Waals surface area (Å²) in [5, 5.41) is 0. The highest BCUT2D eigenvalue weighted by molar-refractivity contribution is 7.92. The molecule has 7 heteroatoms. The van der Waals surface area contributed by atoms with E-state index in [-0.39, 0.29) is 4.90 Å². The van der Waals surface area contributed by atoms with Gasteiger partial charge in [-0.25, -0.2) is 8.42 Å². The Labute approximate surface area is 102 Å². The number of hydrogen-bond donors (Lipinski definition) is 1. The van der Waals surface area contributed by atoms with Gasteiger partial charge in [0.2, 0.25) is 11.9 Å². The first-order valence-corrected chi connectivity index (χ1v) is 6.37. The van der Waals surface area contributed by atoms with Crippen molar-refractivity contribution >= 4 is 15.7 Å². The molecule has 0 fully saturated rings. The molecule has 1 N–H and O–H groups in total. The molecule has 0 radical (unpaired) electrons. The SMILES string of the molecule is O=S(=O)(Nc1ccc(F)nc1F)c1ccccc1. The number of sulfonamides is 1. The smallest absolute Gasteiger partial charge is 0.262 e. The maximum Gasteiger partial charge on any atom is 0.262 e. The normalized spacial score (nSPS) is 11.2. The van der Waals surface area contributed by atoms with Crippen LogP contribution >= 0.6 is 0 Å². The number of aromatic nitrogens is 1. The topological polar surface area (TPSA) is 59.1 Å². The van der Waals surface area contributed by atoms with Crippen molar-refractivity contribution in [3.05, 3.63) is 54.4 Å². The molecule has 0 unspecified atom stereocenters. The lowest BCUT2D eigenvalue weighted by Crippen LogP contribution is -2.14. The summed E-state index contributed by atoms with van der Waals surface area (Å²) in [6, 6.07) is 9.28. The molecule has 0 spiro atoms. The van der Waals surface area contributed by atoms with Crippen LogP contribution in [0.25, 0.3) is 0 Å². The monoisotopic (exact) mass is 270 g/mol. The van der Waals surface area contributed by atoms with E-state index in [0.717, 1.165) is 12.1 Å². The molecule has 2 aromatic rings. The van der Waals surface area contributed by atoms with Gasteiger partial charge < -0.3 is 0 Å². The predicted octanol–water partition coefficient (Wildman–Crippen LogP) is 2.16. The number of nitrogens with one attached hydrogen (secondary N) is 1. The van der Waals surface area contributed by atoms with Gasteiger partial charge in [-0.05, 0) is 24.3 Å². The third-order valence-electron chi connectivity index (χ3n) is 2.11. The maximum absolute atomic E-state index is 13.2. The van der Waals surface area contributed by atoms with E-state index in [1.165, 1.54) is 24.3 Å². The lowest BCUT2D eigenvalue weighted by atomic mass is 10.4. The summed E-state index contributed by atoms with van der Waals surface area (Å²) in [7, 11) is -3.90. The first kappa shape index (κ1) is 12.4. The molecule has 94 valence electrons. The molecule has 0 aliphatic carbocycles. The second-order valence-corrected chi connectivity index (χ2v) is 5.07. The Hall–Kier alpha value is -2.02. The molecule has 0 atom stereocenters. The van der Waals surface area contributed by atoms with Crippen LogP contribution in [0.4, 0.5) is 14.5 Å². The zero-order chi connectivity index (χ0) is 13.2.